The first kappa shape index (κ1) is 19.0. The standard InChI is InChI=1S/C12H7Cl2N7O5/c13-9-10(14)18-11(15)8(17-9)4-16-19-12(22)5-1-6(20(23)24)3-7(2-5)21(25)26/h1-4H,(H2,15,18)(H,19,22)/b16-4-. The van der Waals surface area contributed by atoms with E-state index >= 15 is 0 Å². The monoisotopic (exact) mass is 399 g/mol. The van der Waals surface area contributed by atoms with Crippen molar-refractivity contribution in [2.75, 3.05) is 5.73 Å². The second-order valence-corrected chi connectivity index (χ2v) is 5.24. The van der Waals surface area contributed by atoms with Crippen LogP contribution in [0.4, 0.5) is 17.2 Å². The molecule has 1 aromatic carbocycles. The third-order valence-electron chi connectivity index (χ3n) is 2.81. The summed E-state index contributed by atoms with van der Waals surface area (Å²) in [6.45, 7) is 0. The summed E-state index contributed by atoms with van der Waals surface area (Å²) < 4.78 is 0. The summed E-state index contributed by atoms with van der Waals surface area (Å²) in [5, 5.41) is 24.9. The molecule has 0 fully saturated rings. The number of carbonyl (C=O) groups is 1. The highest BCUT2D eigenvalue weighted by Gasteiger charge is 2.19. The van der Waals surface area contributed by atoms with E-state index < -0.39 is 27.1 Å². The van der Waals surface area contributed by atoms with Crippen LogP contribution >= 0.6 is 23.2 Å². The minimum absolute atomic E-state index is 0.00437. The zero-order valence-electron chi connectivity index (χ0n) is 12.4. The smallest absolute Gasteiger partial charge is 0.277 e. The van der Waals surface area contributed by atoms with Crippen LogP contribution in [0.2, 0.25) is 10.3 Å². The average Bonchev–Trinajstić information content (AvgIpc) is 2.58. The molecular formula is C12H7Cl2N7O5. The molecule has 0 atom stereocenters. The lowest BCUT2D eigenvalue weighted by molar-refractivity contribution is -0.394. The fraction of sp³-hybridized carbons (Fsp3) is 0. The Bertz CT molecular complexity index is 918. The van der Waals surface area contributed by atoms with Gasteiger partial charge in [-0.25, -0.2) is 15.4 Å². The minimum Gasteiger partial charge on any atom is -0.382 e. The largest absolute Gasteiger partial charge is 0.382 e. The van der Waals surface area contributed by atoms with Crippen molar-refractivity contribution in [1.29, 1.82) is 0 Å². The normalized spacial score (nSPS) is 10.7. The highest BCUT2D eigenvalue weighted by Crippen LogP contribution is 2.22. The van der Waals surface area contributed by atoms with Crippen LogP contribution in [0.1, 0.15) is 16.1 Å². The van der Waals surface area contributed by atoms with Crippen LogP contribution in [-0.4, -0.2) is 31.9 Å². The highest BCUT2D eigenvalue weighted by atomic mass is 35.5. The molecule has 0 saturated carbocycles. The van der Waals surface area contributed by atoms with Gasteiger partial charge in [0.1, 0.15) is 5.69 Å². The molecule has 14 heteroatoms. The lowest BCUT2D eigenvalue weighted by Gasteiger charge is -2.02. The maximum absolute atomic E-state index is 12.0. The number of nitrogens with two attached hydrogens (primary N) is 1. The van der Waals surface area contributed by atoms with Crippen LogP contribution in [0.3, 0.4) is 0 Å². The lowest BCUT2D eigenvalue weighted by Crippen LogP contribution is -2.18. The fourth-order valence-corrected chi connectivity index (χ4v) is 1.93. The molecule has 0 radical (unpaired) electrons. The molecule has 0 aliphatic heterocycles. The van der Waals surface area contributed by atoms with Gasteiger partial charge >= 0.3 is 0 Å². The SMILES string of the molecule is Nc1nc(Cl)c(Cl)nc1/C=N\NC(=O)c1cc([N+](=O)[O-])cc([N+](=O)[O-])c1. The summed E-state index contributed by atoms with van der Waals surface area (Å²) in [6, 6.07) is 2.46. The number of nitro benzene ring substituents is 2. The Hall–Kier alpha value is -3.38. The van der Waals surface area contributed by atoms with Gasteiger partial charge in [-0.05, 0) is 0 Å². The molecule has 0 saturated heterocycles. The number of nitrogens with zero attached hydrogens (tertiary/aromatic N) is 5. The second kappa shape index (κ2) is 7.67. The second-order valence-electron chi connectivity index (χ2n) is 4.53. The molecular weight excluding hydrogens is 393 g/mol. The summed E-state index contributed by atoms with van der Waals surface area (Å²) in [5.74, 6) is -1.04. The van der Waals surface area contributed by atoms with Gasteiger partial charge in [0.15, 0.2) is 16.1 Å². The van der Waals surface area contributed by atoms with Gasteiger partial charge < -0.3 is 5.73 Å². The molecule has 1 amide bonds. The third kappa shape index (κ3) is 4.37. The maximum Gasteiger partial charge on any atom is 0.277 e. The van der Waals surface area contributed by atoms with Gasteiger partial charge in [-0.15, -0.1) is 0 Å². The number of rotatable bonds is 5. The van der Waals surface area contributed by atoms with Crippen LogP contribution in [0.25, 0.3) is 0 Å². The van der Waals surface area contributed by atoms with Crippen molar-refractivity contribution in [3.8, 4) is 0 Å². The Labute approximate surface area is 153 Å². The van der Waals surface area contributed by atoms with Crippen molar-refractivity contribution in [2.24, 2.45) is 5.10 Å². The molecule has 0 spiro atoms. The highest BCUT2D eigenvalue weighted by molar-refractivity contribution is 6.40. The number of carbonyl (C=O) groups excluding carboxylic acids is 1. The first-order valence-electron chi connectivity index (χ1n) is 6.45. The first-order chi connectivity index (χ1) is 12.2. The predicted molar refractivity (Wildman–Crippen MR) is 91.3 cm³/mol. The van der Waals surface area contributed by atoms with E-state index in [1.54, 1.807) is 0 Å². The molecule has 2 aromatic rings. The van der Waals surface area contributed by atoms with Gasteiger partial charge in [0, 0.05) is 12.1 Å². The molecule has 0 aliphatic rings. The number of aromatic nitrogens is 2. The van der Waals surface area contributed by atoms with E-state index in [2.05, 4.69) is 15.1 Å². The van der Waals surface area contributed by atoms with Crippen molar-refractivity contribution < 1.29 is 14.6 Å². The van der Waals surface area contributed by atoms with E-state index in [4.69, 9.17) is 28.9 Å². The first-order valence-corrected chi connectivity index (χ1v) is 7.20. The van der Waals surface area contributed by atoms with Crippen molar-refractivity contribution in [2.45, 2.75) is 0 Å². The number of hydrazone groups is 1. The number of hydrogen-bond donors (Lipinski definition) is 2. The van der Waals surface area contributed by atoms with Gasteiger partial charge in [-0.3, -0.25) is 25.0 Å². The van der Waals surface area contributed by atoms with E-state index in [0.29, 0.717) is 0 Å². The predicted octanol–water partition coefficient (Wildman–Crippen LogP) is 1.95. The van der Waals surface area contributed by atoms with E-state index in [-0.39, 0.29) is 27.4 Å². The molecule has 2 rings (SSSR count). The molecule has 12 nitrogen and oxygen atoms in total. The number of nitrogen functional groups attached to an aromatic ring is 1. The zero-order valence-corrected chi connectivity index (χ0v) is 13.9. The van der Waals surface area contributed by atoms with Crippen molar-refractivity contribution in [3.05, 3.63) is 60.0 Å². The molecule has 3 N–H and O–H groups in total. The molecule has 1 aromatic heterocycles. The van der Waals surface area contributed by atoms with Gasteiger partial charge in [0.2, 0.25) is 0 Å². The number of amides is 1. The molecule has 26 heavy (non-hydrogen) atoms. The average molecular weight is 400 g/mol. The zero-order chi connectivity index (χ0) is 19.4. The van der Waals surface area contributed by atoms with E-state index in [0.717, 1.165) is 24.4 Å². The van der Waals surface area contributed by atoms with Crippen molar-refractivity contribution in [1.82, 2.24) is 15.4 Å². The number of nitrogens with one attached hydrogen (secondary N) is 1. The molecule has 0 aliphatic carbocycles. The van der Waals surface area contributed by atoms with Crippen molar-refractivity contribution in [3.63, 3.8) is 0 Å². The van der Waals surface area contributed by atoms with Crippen LogP contribution < -0.4 is 11.2 Å². The third-order valence-corrected chi connectivity index (χ3v) is 3.43. The number of benzene rings is 1. The van der Waals surface area contributed by atoms with Gasteiger partial charge in [0.05, 0.1) is 27.7 Å². The summed E-state index contributed by atoms with van der Waals surface area (Å²) in [4.78, 5) is 39.4. The summed E-state index contributed by atoms with van der Waals surface area (Å²) in [6.07, 6.45) is 1.01. The Balaban J connectivity index is 2.24. The van der Waals surface area contributed by atoms with E-state index in [9.17, 15) is 25.0 Å². The number of non-ortho nitro benzene ring substituents is 2. The van der Waals surface area contributed by atoms with Gasteiger partial charge in [-0.2, -0.15) is 5.10 Å². The van der Waals surface area contributed by atoms with Gasteiger partial charge in [0.25, 0.3) is 17.3 Å². The number of hydrogen-bond acceptors (Lipinski definition) is 9. The van der Waals surface area contributed by atoms with E-state index in [1.807, 2.05) is 5.43 Å². The summed E-state index contributed by atoms with van der Waals surface area (Å²) in [5.41, 5.74) is 6.01. The molecule has 0 unspecified atom stereocenters. The number of nitro groups is 2. The Morgan fingerprint density at radius 1 is 1.12 bits per heavy atom. The Morgan fingerprint density at radius 2 is 1.65 bits per heavy atom. The molecule has 134 valence electrons. The fourth-order valence-electron chi connectivity index (χ4n) is 1.67. The number of anilines is 1. The van der Waals surface area contributed by atoms with Crippen LogP contribution in [-0.2, 0) is 0 Å². The topological polar surface area (TPSA) is 180 Å². The lowest BCUT2D eigenvalue weighted by atomic mass is 10.1. The maximum atomic E-state index is 12.0. The van der Waals surface area contributed by atoms with Gasteiger partial charge in [-0.1, -0.05) is 23.2 Å². The Kier molecular flexibility index (Phi) is 5.59. The van der Waals surface area contributed by atoms with Crippen molar-refractivity contribution >= 4 is 52.5 Å². The number of halogens is 2. The quantitative estimate of drug-likeness (QED) is 0.434. The van der Waals surface area contributed by atoms with Crippen LogP contribution in [0, 0.1) is 20.2 Å². The molecule has 0 bridgehead atoms. The molecule has 1 heterocycles. The van der Waals surface area contributed by atoms with Crippen LogP contribution in [0.15, 0.2) is 23.3 Å². The van der Waals surface area contributed by atoms with Crippen LogP contribution in [0.5, 0.6) is 0 Å². The van der Waals surface area contributed by atoms with E-state index in [1.165, 1.54) is 0 Å². The Morgan fingerprint density at radius 3 is 2.19 bits per heavy atom. The minimum atomic E-state index is -0.931. The summed E-state index contributed by atoms with van der Waals surface area (Å²) >= 11 is 11.3. The summed E-state index contributed by atoms with van der Waals surface area (Å²) in [7, 11) is 0.